The first-order valence-electron chi connectivity index (χ1n) is 10.2. The predicted octanol–water partition coefficient (Wildman–Crippen LogP) is 8.31. The Kier molecular flexibility index (Phi) is 3.63. The molecule has 0 fully saturated rings. The minimum atomic E-state index is 0.0482. The zero-order valence-corrected chi connectivity index (χ0v) is 18.0. The summed E-state index contributed by atoms with van der Waals surface area (Å²) < 4.78 is 8.13. The van der Waals surface area contributed by atoms with Crippen LogP contribution >= 0.6 is 11.3 Å². The maximum Gasteiger partial charge on any atom is 0.135 e. The van der Waals surface area contributed by atoms with Crippen molar-refractivity contribution in [3.8, 4) is 11.3 Å². The first kappa shape index (κ1) is 17.7. The van der Waals surface area contributed by atoms with Gasteiger partial charge in [0.2, 0.25) is 0 Å². The molecule has 0 aliphatic rings. The van der Waals surface area contributed by atoms with Crippen LogP contribution in [0.2, 0.25) is 0 Å². The van der Waals surface area contributed by atoms with Gasteiger partial charge in [0.05, 0.1) is 16.7 Å². The van der Waals surface area contributed by atoms with Gasteiger partial charge in [0.25, 0.3) is 0 Å². The molecule has 3 heteroatoms. The van der Waals surface area contributed by atoms with Crippen LogP contribution in [0.25, 0.3) is 53.2 Å². The number of benzene rings is 3. The number of fused-ring (bicyclic) bond motifs is 6. The second kappa shape index (κ2) is 6.16. The molecule has 0 spiro atoms. The third-order valence-electron chi connectivity index (χ3n) is 5.93. The quantitative estimate of drug-likeness (QED) is 0.274. The standard InChI is InChI=1S/C27H21NOS/c1-27(2,3)22-15-17(14-16-6-4-5-7-18(16)22)24-26-20(10-12-28-24)19-8-9-23-21(11-13-29-23)25(19)30-26/h4-15H,1-3H3. The summed E-state index contributed by atoms with van der Waals surface area (Å²) >= 11 is 1.81. The third kappa shape index (κ3) is 2.52. The Morgan fingerprint density at radius 1 is 0.800 bits per heavy atom. The van der Waals surface area contributed by atoms with Crippen molar-refractivity contribution in [1.82, 2.24) is 4.98 Å². The molecule has 0 radical (unpaired) electrons. The summed E-state index contributed by atoms with van der Waals surface area (Å²) in [6, 6.07) is 21.7. The van der Waals surface area contributed by atoms with Gasteiger partial charge < -0.3 is 4.42 Å². The number of aromatic nitrogens is 1. The fourth-order valence-corrected chi connectivity index (χ4v) is 5.80. The van der Waals surface area contributed by atoms with Crippen LogP contribution in [0, 0.1) is 0 Å². The van der Waals surface area contributed by atoms with Crippen molar-refractivity contribution < 1.29 is 4.42 Å². The summed E-state index contributed by atoms with van der Waals surface area (Å²) in [6.07, 6.45) is 3.71. The molecule has 6 rings (SSSR count). The first-order chi connectivity index (χ1) is 14.5. The largest absolute Gasteiger partial charge is 0.464 e. The summed E-state index contributed by atoms with van der Waals surface area (Å²) in [4.78, 5) is 4.86. The van der Waals surface area contributed by atoms with E-state index in [9.17, 15) is 0 Å². The Bertz CT molecular complexity index is 1580. The van der Waals surface area contributed by atoms with Crippen LogP contribution in [-0.2, 0) is 5.41 Å². The van der Waals surface area contributed by atoms with Crippen LogP contribution in [0.15, 0.2) is 77.5 Å². The van der Waals surface area contributed by atoms with E-state index in [0.29, 0.717) is 0 Å². The average molecular weight is 408 g/mol. The summed E-state index contributed by atoms with van der Waals surface area (Å²) in [7, 11) is 0. The van der Waals surface area contributed by atoms with Gasteiger partial charge in [0, 0.05) is 32.6 Å². The lowest BCUT2D eigenvalue weighted by Crippen LogP contribution is -2.12. The average Bonchev–Trinajstić information content (AvgIpc) is 3.36. The highest BCUT2D eigenvalue weighted by Gasteiger charge is 2.20. The van der Waals surface area contributed by atoms with Gasteiger partial charge >= 0.3 is 0 Å². The molecule has 0 aliphatic carbocycles. The minimum absolute atomic E-state index is 0.0482. The molecule has 0 N–H and O–H groups in total. The highest BCUT2D eigenvalue weighted by molar-refractivity contribution is 7.27. The molecule has 3 aromatic carbocycles. The number of hydrogen-bond acceptors (Lipinski definition) is 3. The fourth-order valence-electron chi connectivity index (χ4n) is 4.48. The van der Waals surface area contributed by atoms with Crippen molar-refractivity contribution in [3.63, 3.8) is 0 Å². The number of thiophene rings is 1. The Balaban J connectivity index is 1.71. The monoisotopic (exact) mass is 407 g/mol. The van der Waals surface area contributed by atoms with Gasteiger partial charge in [-0.05, 0) is 58.1 Å². The third-order valence-corrected chi connectivity index (χ3v) is 7.19. The summed E-state index contributed by atoms with van der Waals surface area (Å²) in [5.41, 5.74) is 4.57. The number of furan rings is 1. The number of nitrogens with zero attached hydrogens (tertiary/aromatic N) is 1. The van der Waals surface area contributed by atoms with Crippen LogP contribution in [0.3, 0.4) is 0 Å². The van der Waals surface area contributed by atoms with Gasteiger partial charge in [-0.2, -0.15) is 0 Å². The van der Waals surface area contributed by atoms with Gasteiger partial charge in [0.15, 0.2) is 0 Å². The molecule has 0 saturated heterocycles. The molecule has 146 valence electrons. The lowest BCUT2D eigenvalue weighted by Gasteiger charge is -2.22. The normalized spacial score (nSPS) is 12.5. The van der Waals surface area contributed by atoms with E-state index < -0.39 is 0 Å². The molecule has 0 saturated carbocycles. The van der Waals surface area contributed by atoms with Gasteiger partial charge in [0.1, 0.15) is 5.58 Å². The Labute approximate surface area is 178 Å². The van der Waals surface area contributed by atoms with E-state index in [0.717, 1.165) is 11.3 Å². The van der Waals surface area contributed by atoms with Crippen molar-refractivity contribution in [2.45, 2.75) is 26.2 Å². The minimum Gasteiger partial charge on any atom is -0.464 e. The summed E-state index contributed by atoms with van der Waals surface area (Å²) in [5.74, 6) is 0. The van der Waals surface area contributed by atoms with E-state index in [-0.39, 0.29) is 5.41 Å². The highest BCUT2D eigenvalue weighted by Crippen LogP contribution is 2.43. The van der Waals surface area contributed by atoms with E-state index in [2.05, 4.69) is 81.4 Å². The SMILES string of the molecule is CC(C)(C)c1cc(-c2nccc3c2sc2c4ccoc4ccc32)cc2ccccc12. The molecule has 3 aromatic heterocycles. The van der Waals surface area contributed by atoms with Crippen LogP contribution in [0.5, 0.6) is 0 Å². The summed E-state index contributed by atoms with van der Waals surface area (Å²) in [6.45, 7) is 6.84. The second-order valence-corrected chi connectivity index (χ2v) is 9.93. The lowest BCUT2D eigenvalue weighted by atomic mass is 9.82. The molecular formula is C27H21NOS. The van der Waals surface area contributed by atoms with Crippen molar-refractivity contribution in [2.75, 3.05) is 0 Å². The van der Waals surface area contributed by atoms with Crippen molar-refractivity contribution in [2.24, 2.45) is 0 Å². The first-order valence-corrected chi connectivity index (χ1v) is 11.0. The van der Waals surface area contributed by atoms with Gasteiger partial charge in [-0.25, -0.2) is 0 Å². The van der Waals surface area contributed by atoms with Crippen LogP contribution in [0.1, 0.15) is 26.3 Å². The zero-order chi connectivity index (χ0) is 20.5. The van der Waals surface area contributed by atoms with Crippen molar-refractivity contribution >= 4 is 53.3 Å². The molecule has 0 aliphatic heterocycles. The molecule has 6 aromatic rings. The molecule has 30 heavy (non-hydrogen) atoms. The second-order valence-electron chi connectivity index (χ2n) is 8.91. The maximum atomic E-state index is 5.63. The van der Waals surface area contributed by atoms with E-state index in [4.69, 9.17) is 9.40 Å². The highest BCUT2D eigenvalue weighted by atomic mass is 32.1. The number of hydrogen-bond donors (Lipinski definition) is 0. The van der Waals surface area contributed by atoms with E-state index in [1.807, 2.05) is 17.5 Å². The molecule has 0 bridgehead atoms. The van der Waals surface area contributed by atoms with Gasteiger partial charge in [-0.3, -0.25) is 4.98 Å². The van der Waals surface area contributed by atoms with Crippen LogP contribution < -0.4 is 0 Å². The van der Waals surface area contributed by atoms with E-state index in [1.54, 1.807) is 6.26 Å². The molecular weight excluding hydrogens is 386 g/mol. The van der Waals surface area contributed by atoms with E-state index >= 15 is 0 Å². The topological polar surface area (TPSA) is 26.0 Å². The van der Waals surface area contributed by atoms with Gasteiger partial charge in [-0.15, -0.1) is 11.3 Å². The van der Waals surface area contributed by atoms with Crippen molar-refractivity contribution in [1.29, 1.82) is 0 Å². The zero-order valence-electron chi connectivity index (χ0n) is 17.2. The van der Waals surface area contributed by atoms with Crippen LogP contribution in [0.4, 0.5) is 0 Å². The number of pyridine rings is 1. The fraction of sp³-hybridized carbons (Fsp3) is 0.148. The molecule has 3 heterocycles. The molecule has 0 atom stereocenters. The smallest absolute Gasteiger partial charge is 0.135 e. The van der Waals surface area contributed by atoms with Crippen molar-refractivity contribution in [3.05, 3.63) is 78.7 Å². The van der Waals surface area contributed by atoms with Crippen LogP contribution in [-0.4, -0.2) is 4.98 Å². The number of rotatable bonds is 1. The van der Waals surface area contributed by atoms with Gasteiger partial charge in [-0.1, -0.05) is 45.0 Å². The van der Waals surface area contributed by atoms with E-state index in [1.165, 1.54) is 47.5 Å². The maximum absolute atomic E-state index is 5.63. The Morgan fingerprint density at radius 2 is 1.63 bits per heavy atom. The Morgan fingerprint density at radius 3 is 2.50 bits per heavy atom. The Hall–Kier alpha value is -3.17. The molecule has 0 unspecified atom stereocenters. The lowest BCUT2D eigenvalue weighted by molar-refractivity contribution is 0.596. The summed E-state index contributed by atoms with van der Waals surface area (Å²) in [5, 5.41) is 6.28. The molecule has 2 nitrogen and oxygen atoms in total. The predicted molar refractivity (Wildman–Crippen MR) is 129 cm³/mol. The molecule has 0 amide bonds.